The van der Waals surface area contributed by atoms with Crippen molar-refractivity contribution >= 4 is 28.6 Å². The Kier molecular flexibility index (Phi) is 11.9. The van der Waals surface area contributed by atoms with E-state index in [2.05, 4.69) is 20.3 Å². The van der Waals surface area contributed by atoms with Crippen LogP contribution in [0, 0.1) is 0 Å². The molecule has 1 atom stereocenters. The van der Waals surface area contributed by atoms with Crippen LogP contribution in [0.1, 0.15) is 62.9 Å². The van der Waals surface area contributed by atoms with E-state index in [4.69, 9.17) is 14.6 Å². The third-order valence-electron chi connectivity index (χ3n) is 6.76. The minimum Gasteiger partial charge on any atom is -0.497 e. The number of aromatic amines is 2. The van der Waals surface area contributed by atoms with Crippen LogP contribution in [-0.2, 0) is 20.8 Å². The molecule has 12 heteroatoms. The molecule has 0 aliphatic heterocycles. The molecule has 2 aromatic carbocycles. The number of nitrogens with zero attached hydrogens (tertiary/aromatic N) is 1. The predicted octanol–water partition coefficient (Wildman–Crippen LogP) is 6.53. The molecule has 0 saturated carbocycles. The van der Waals surface area contributed by atoms with Crippen LogP contribution in [-0.4, -0.2) is 51.0 Å². The summed E-state index contributed by atoms with van der Waals surface area (Å²) in [6.07, 6.45) is 3.55. The molecule has 9 nitrogen and oxygen atoms in total. The van der Waals surface area contributed by atoms with Crippen LogP contribution in [0.3, 0.4) is 0 Å². The largest absolute Gasteiger partial charge is 0.497 e. The van der Waals surface area contributed by atoms with Gasteiger partial charge in [0, 0.05) is 36.0 Å². The van der Waals surface area contributed by atoms with Crippen LogP contribution in [0.25, 0.3) is 22.2 Å². The van der Waals surface area contributed by atoms with Crippen molar-refractivity contribution in [2.75, 3.05) is 7.11 Å². The Balaban J connectivity index is 0.000000646. The van der Waals surface area contributed by atoms with E-state index >= 15 is 0 Å². The maximum Gasteiger partial charge on any atom is 0.490 e. The van der Waals surface area contributed by atoms with Crippen molar-refractivity contribution in [3.8, 4) is 17.0 Å². The Labute approximate surface area is 246 Å². The Morgan fingerprint density at radius 3 is 2.44 bits per heavy atom. The summed E-state index contributed by atoms with van der Waals surface area (Å²) in [5, 5.41) is 11.3. The predicted molar refractivity (Wildman–Crippen MR) is 156 cm³/mol. The number of unbranched alkanes of at least 4 members (excludes halogenated alkanes) is 2. The maximum absolute atomic E-state index is 13.1. The second-order valence-electron chi connectivity index (χ2n) is 9.86. The second-order valence-corrected chi connectivity index (χ2v) is 9.86. The lowest BCUT2D eigenvalue weighted by atomic mass is 10.0. The number of aliphatic carboxylic acids is 1. The van der Waals surface area contributed by atoms with Gasteiger partial charge in [0.05, 0.1) is 31.5 Å². The van der Waals surface area contributed by atoms with Gasteiger partial charge in [0.15, 0.2) is 0 Å². The SMILES string of the molecule is CCC(=O)CCCCC[C@H](NC(=O)Cc1c[nH]c2cc(OC)ccc12)c1ncc(-c2ccccc2)[nH]1.O=C(O)C(F)(F)F. The second kappa shape index (κ2) is 15.6. The van der Waals surface area contributed by atoms with Crippen molar-refractivity contribution in [3.05, 3.63) is 72.3 Å². The van der Waals surface area contributed by atoms with E-state index in [1.165, 1.54) is 0 Å². The Morgan fingerprint density at radius 1 is 1.07 bits per heavy atom. The van der Waals surface area contributed by atoms with E-state index in [0.29, 0.717) is 18.6 Å². The van der Waals surface area contributed by atoms with Gasteiger partial charge in [-0.25, -0.2) is 9.78 Å². The lowest BCUT2D eigenvalue weighted by molar-refractivity contribution is -0.192. The van der Waals surface area contributed by atoms with E-state index in [0.717, 1.165) is 65.0 Å². The van der Waals surface area contributed by atoms with Gasteiger partial charge in [-0.3, -0.25) is 9.59 Å². The number of ketones is 1. The number of ether oxygens (including phenoxy) is 1. The van der Waals surface area contributed by atoms with Crippen molar-refractivity contribution in [1.29, 1.82) is 0 Å². The summed E-state index contributed by atoms with van der Waals surface area (Å²) in [5.74, 6) is -0.999. The third-order valence-corrected chi connectivity index (χ3v) is 6.76. The van der Waals surface area contributed by atoms with Crippen LogP contribution in [0.2, 0.25) is 0 Å². The fourth-order valence-electron chi connectivity index (χ4n) is 4.44. The molecule has 0 aliphatic carbocycles. The highest BCUT2D eigenvalue weighted by Crippen LogP contribution is 2.25. The molecule has 0 bridgehead atoms. The first-order valence-corrected chi connectivity index (χ1v) is 13.9. The standard InChI is InChI=1S/C29H34N4O3.C2HF3O2/c1-3-22(34)12-8-5-9-13-25(29-31-19-27(33-29)20-10-6-4-7-11-20)32-28(35)16-21-18-30-26-17-23(36-2)14-15-24(21)26;3-2(4,5)1(6)7/h4,6-7,10-11,14-15,17-19,25,30H,3,5,8-9,12-13,16H2,1-2H3,(H,31,33)(H,32,35);(H,6,7)/t25-;/m0./s1. The van der Waals surface area contributed by atoms with Gasteiger partial charge in [0.1, 0.15) is 17.4 Å². The van der Waals surface area contributed by atoms with Gasteiger partial charge in [-0.15, -0.1) is 0 Å². The van der Waals surface area contributed by atoms with E-state index in [-0.39, 0.29) is 18.4 Å². The zero-order valence-electron chi connectivity index (χ0n) is 24.0. The first-order valence-electron chi connectivity index (χ1n) is 13.9. The van der Waals surface area contributed by atoms with Crippen molar-refractivity contribution in [2.45, 2.75) is 64.1 Å². The molecule has 43 heavy (non-hydrogen) atoms. The molecule has 0 fully saturated rings. The summed E-state index contributed by atoms with van der Waals surface area (Å²) in [5.41, 5.74) is 3.85. The highest BCUT2D eigenvalue weighted by molar-refractivity contribution is 5.89. The molecule has 4 aromatic rings. The number of carboxylic acids is 1. The van der Waals surface area contributed by atoms with Crippen LogP contribution < -0.4 is 10.1 Å². The summed E-state index contributed by atoms with van der Waals surface area (Å²) in [6.45, 7) is 1.90. The molecule has 1 amide bonds. The van der Waals surface area contributed by atoms with Crippen LogP contribution >= 0.6 is 0 Å². The number of imidazole rings is 1. The van der Waals surface area contributed by atoms with E-state index < -0.39 is 12.1 Å². The number of carboxylic acid groups (broad SMARTS) is 1. The number of nitrogens with one attached hydrogen (secondary N) is 3. The normalized spacial score (nSPS) is 11.8. The number of benzene rings is 2. The summed E-state index contributed by atoms with van der Waals surface area (Å²) in [4.78, 5) is 44.9. The van der Waals surface area contributed by atoms with E-state index in [1.807, 2.05) is 67.8 Å². The fraction of sp³-hybridized carbons (Fsp3) is 0.355. The number of H-pyrrole nitrogens is 2. The monoisotopic (exact) mass is 600 g/mol. The molecular weight excluding hydrogens is 565 g/mol. The minimum absolute atomic E-state index is 0.0597. The molecule has 0 radical (unpaired) electrons. The number of carbonyl (C=O) groups excluding carboxylic acids is 2. The maximum atomic E-state index is 13.1. The van der Waals surface area contributed by atoms with Crippen LogP contribution in [0.15, 0.2) is 60.9 Å². The molecule has 0 unspecified atom stereocenters. The number of hydrogen-bond donors (Lipinski definition) is 4. The Morgan fingerprint density at radius 2 is 1.79 bits per heavy atom. The van der Waals surface area contributed by atoms with Crippen molar-refractivity contribution in [3.63, 3.8) is 0 Å². The average Bonchev–Trinajstić information content (AvgIpc) is 3.64. The highest BCUT2D eigenvalue weighted by Gasteiger charge is 2.38. The molecule has 0 aliphatic rings. The fourth-order valence-corrected chi connectivity index (χ4v) is 4.44. The van der Waals surface area contributed by atoms with Gasteiger partial charge in [0.2, 0.25) is 5.91 Å². The van der Waals surface area contributed by atoms with Gasteiger partial charge in [-0.2, -0.15) is 13.2 Å². The van der Waals surface area contributed by atoms with Gasteiger partial charge in [-0.1, -0.05) is 50.1 Å². The summed E-state index contributed by atoms with van der Waals surface area (Å²) < 4.78 is 37.0. The van der Waals surface area contributed by atoms with Gasteiger partial charge in [-0.05, 0) is 36.1 Å². The average molecular weight is 601 g/mol. The first-order chi connectivity index (χ1) is 20.5. The smallest absolute Gasteiger partial charge is 0.490 e. The quantitative estimate of drug-likeness (QED) is 0.129. The van der Waals surface area contributed by atoms with Crippen LogP contribution in [0.5, 0.6) is 5.75 Å². The molecule has 0 saturated heterocycles. The number of halogens is 3. The van der Waals surface area contributed by atoms with E-state index in [1.54, 1.807) is 7.11 Å². The molecule has 0 spiro atoms. The number of aromatic nitrogens is 3. The topological polar surface area (TPSA) is 137 Å². The number of alkyl halides is 3. The minimum atomic E-state index is -5.08. The molecule has 4 N–H and O–H groups in total. The molecule has 2 heterocycles. The van der Waals surface area contributed by atoms with E-state index in [9.17, 15) is 22.8 Å². The number of fused-ring (bicyclic) bond motifs is 1. The molecular formula is C31H35F3N4O5. The van der Waals surface area contributed by atoms with Crippen LogP contribution in [0.4, 0.5) is 13.2 Å². The number of hydrogen-bond acceptors (Lipinski definition) is 5. The molecule has 2 aromatic heterocycles. The van der Waals surface area contributed by atoms with Gasteiger partial charge in [0.25, 0.3) is 0 Å². The lowest BCUT2D eigenvalue weighted by Crippen LogP contribution is -2.30. The summed E-state index contributed by atoms with van der Waals surface area (Å²) in [6, 6.07) is 15.6. The number of Topliss-reactive ketones (excluding diaryl/α,β-unsaturated/α-hetero) is 1. The van der Waals surface area contributed by atoms with Gasteiger partial charge < -0.3 is 25.1 Å². The zero-order chi connectivity index (χ0) is 31.4. The van der Waals surface area contributed by atoms with Gasteiger partial charge >= 0.3 is 12.1 Å². The molecule has 230 valence electrons. The Hall–Kier alpha value is -4.61. The number of rotatable bonds is 13. The summed E-state index contributed by atoms with van der Waals surface area (Å²) in [7, 11) is 1.64. The third kappa shape index (κ3) is 10.0. The first kappa shape index (κ1) is 32.9. The number of carbonyl (C=O) groups is 3. The number of methoxy groups -OCH3 is 1. The number of amides is 1. The highest BCUT2D eigenvalue weighted by atomic mass is 19.4. The van der Waals surface area contributed by atoms with Crippen molar-refractivity contribution in [2.24, 2.45) is 0 Å². The Bertz CT molecular complexity index is 1500. The van der Waals surface area contributed by atoms with Crippen molar-refractivity contribution < 1.29 is 37.4 Å². The molecule has 4 rings (SSSR count). The zero-order valence-corrected chi connectivity index (χ0v) is 24.0. The van der Waals surface area contributed by atoms with Crippen molar-refractivity contribution in [1.82, 2.24) is 20.3 Å². The lowest BCUT2D eigenvalue weighted by Gasteiger charge is -2.17. The summed E-state index contributed by atoms with van der Waals surface area (Å²) >= 11 is 0.